The van der Waals surface area contributed by atoms with Crippen LogP contribution in [0, 0.1) is 12.3 Å². The lowest BCUT2D eigenvalue weighted by atomic mass is 10.0. The Balaban J connectivity index is 1.29. The van der Waals surface area contributed by atoms with Crippen LogP contribution >= 0.6 is 23.8 Å². The number of thiocarbonyl (C=S) groups is 1. The Labute approximate surface area is 252 Å². The summed E-state index contributed by atoms with van der Waals surface area (Å²) in [5.41, 5.74) is 6.52. The molecule has 0 bridgehead atoms. The largest absolute Gasteiger partial charge is 0.370 e. The van der Waals surface area contributed by atoms with E-state index < -0.39 is 0 Å². The molecule has 0 aliphatic rings. The minimum Gasteiger partial charge on any atom is -0.370 e. The van der Waals surface area contributed by atoms with E-state index in [1.54, 1.807) is 6.07 Å². The van der Waals surface area contributed by atoms with Crippen LogP contribution in [0.2, 0.25) is 5.02 Å². The van der Waals surface area contributed by atoms with Crippen molar-refractivity contribution in [3.8, 4) is 0 Å². The van der Waals surface area contributed by atoms with E-state index >= 15 is 0 Å². The fraction of sp³-hybridized carbons (Fsp3) is 0.182. The Kier molecular flexibility index (Phi) is 10.1. The maximum absolute atomic E-state index is 12.6. The number of carbonyl (C=O) groups excluding carboxylic acids is 1. The molecule has 1 unspecified atom stereocenters. The summed E-state index contributed by atoms with van der Waals surface area (Å²) in [6, 6.07) is 30.7. The molecule has 0 heterocycles. The second-order valence-corrected chi connectivity index (χ2v) is 10.8. The molecule has 0 aromatic heterocycles. The average molecular weight is 584 g/mol. The topological polar surface area (TPSA) is 80.2 Å². The summed E-state index contributed by atoms with van der Waals surface area (Å²) in [5.74, 6) is -0.146. The van der Waals surface area contributed by atoms with Crippen molar-refractivity contribution in [2.45, 2.75) is 32.7 Å². The molecule has 0 spiro atoms. The Hall–Kier alpha value is -4.20. The first-order chi connectivity index (χ1) is 19.7. The summed E-state index contributed by atoms with van der Waals surface area (Å²) in [6.07, 6.45) is 1.29. The lowest BCUT2D eigenvalue weighted by molar-refractivity contribution is 0.102. The van der Waals surface area contributed by atoms with E-state index in [1.807, 2.05) is 105 Å². The molecule has 1 amide bonds. The van der Waals surface area contributed by atoms with Crippen LogP contribution in [-0.4, -0.2) is 29.8 Å². The smallest absolute Gasteiger partial charge is 0.255 e. The zero-order valence-corrected chi connectivity index (χ0v) is 24.9. The maximum Gasteiger partial charge on any atom is 0.255 e. The van der Waals surface area contributed by atoms with E-state index in [4.69, 9.17) is 29.2 Å². The van der Waals surface area contributed by atoms with Crippen molar-refractivity contribution in [1.82, 2.24) is 0 Å². The molecule has 210 valence electrons. The predicted molar refractivity (Wildman–Crippen MR) is 177 cm³/mol. The molecule has 0 radical (unpaired) electrons. The van der Waals surface area contributed by atoms with Crippen molar-refractivity contribution in [1.29, 1.82) is 5.41 Å². The van der Waals surface area contributed by atoms with Crippen LogP contribution in [0.4, 0.5) is 22.7 Å². The Morgan fingerprint density at radius 1 is 0.878 bits per heavy atom. The first kappa shape index (κ1) is 29.8. The first-order valence-electron chi connectivity index (χ1n) is 13.4. The lowest BCUT2D eigenvalue weighted by Gasteiger charge is -2.28. The summed E-state index contributed by atoms with van der Waals surface area (Å²) in [5, 5.41) is 18.7. The zero-order chi connectivity index (χ0) is 29.4. The highest BCUT2D eigenvalue weighted by atomic mass is 35.5. The van der Waals surface area contributed by atoms with Crippen molar-refractivity contribution in [2.75, 3.05) is 27.9 Å². The molecule has 6 nitrogen and oxygen atoms in total. The standard InChI is InChI=1S/C33H34ClN5OS/c1-22-9-7-8-12-29(22)32(40)36-26-13-15-27(16-14-26)37-33(41)38-28-17-18-31(30(34)21-28)39(3)23(2)19-25(35)20-24-10-5-4-6-11-24/h4-18,21,23,35H,19-20H2,1-3H3,(H,36,40)(H2,37,38,41). The van der Waals surface area contributed by atoms with E-state index in [1.165, 1.54) is 0 Å². The number of rotatable bonds is 10. The van der Waals surface area contributed by atoms with Crippen molar-refractivity contribution in [3.05, 3.63) is 119 Å². The molecule has 4 aromatic rings. The third-order valence-electron chi connectivity index (χ3n) is 6.84. The van der Waals surface area contributed by atoms with Crippen LogP contribution in [0.1, 0.15) is 34.8 Å². The Morgan fingerprint density at radius 3 is 2.12 bits per heavy atom. The number of aryl methyl sites for hydroxylation is 1. The Bertz CT molecular complexity index is 1520. The van der Waals surface area contributed by atoms with Crippen LogP contribution in [0.25, 0.3) is 0 Å². The van der Waals surface area contributed by atoms with Gasteiger partial charge < -0.3 is 26.3 Å². The summed E-state index contributed by atoms with van der Waals surface area (Å²) < 4.78 is 0. The SMILES string of the molecule is Cc1ccccc1C(=O)Nc1ccc(NC(=S)Nc2ccc(N(C)C(C)CC(=N)Cc3ccccc3)c(Cl)c2)cc1. The molecule has 41 heavy (non-hydrogen) atoms. The lowest BCUT2D eigenvalue weighted by Crippen LogP contribution is -2.31. The molecular weight excluding hydrogens is 550 g/mol. The highest BCUT2D eigenvalue weighted by Crippen LogP contribution is 2.30. The van der Waals surface area contributed by atoms with Gasteiger partial charge in [-0.3, -0.25) is 4.79 Å². The number of hydrogen-bond donors (Lipinski definition) is 4. The number of halogens is 1. The van der Waals surface area contributed by atoms with Gasteiger partial charge in [0.2, 0.25) is 0 Å². The summed E-state index contributed by atoms with van der Waals surface area (Å²) in [7, 11) is 1.99. The molecule has 8 heteroatoms. The van der Waals surface area contributed by atoms with E-state index in [0.717, 1.165) is 28.2 Å². The van der Waals surface area contributed by atoms with E-state index in [0.29, 0.717) is 39.9 Å². The fourth-order valence-corrected chi connectivity index (χ4v) is 5.02. The van der Waals surface area contributed by atoms with Gasteiger partial charge in [0.25, 0.3) is 5.91 Å². The highest BCUT2D eigenvalue weighted by molar-refractivity contribution is 7.80. The van der Waals surface area contributed by atoms with Crippen molar-refractivity contribution in [2.24, 2.45) is 0 Å². The van der Waals surface area contributed by atoms with Crippen molar-refractivity contribution < 1.29 is 4.79 Å². The third-order valence-corrected chi connectivity index (χ3v) is 7.35. The number of benzene rings is 4. The maximum atomic E-state index is 12.6. The van der Waals surface area contributed by atoms with E-state index in [9.17, 15) is 4.79 Å². The first-order valence-corrected chi connectivity index (χ1v) is 14.2. The molecule has 0 saturated carbocycles. The van der Waals surface area contributed by atoms with Crippen molar-refractivity contribution >= 4 is 63.3 Å². The van der Waals surface area contributed by atoms with Gasteiger partial charge in [-0.2, -0.15) is 0 Å². The number of hydrogen-bond acceptors (Lipinski definition) is 4. The molecule has 1 atom stereocenters. The Morgan fingerprint density at radius 2 is 1.46 bits per heavy atom. The van der Waals surface area contributed by atoms with Gasteiger partial charge in [-0.05, 0) is 85.7 Å². The number of anilines is 4. The van der Waals surface area contributed by atoms with Crippen LogP contribution in [0.3, 0.4) is 0 Å². The molecule has 0 saturated heterocycles. The normalized spacial score (nSPS) is 11.3. The van der Waals surface area contributed by atoms with Gasteiger partial charge in [-0.25, -0.2) is 0 Å². The van der Waals surface area contributed by atoms with Gasteiger partial charge in [-0.1, -0.05) is 60.1 Å². The van der Waals surface area contributed by atoms with Gasteiger partial charge in [0.05, 0.1) is 10.7 Å². The van der Waals surface area contributed by atoms with Gasteiger partial charge in [0, 0.05) is 54.3 Å². The van der Waals surface area contributed by atoms with Gasteiger partial charge in [0.15, 0.2) is 5.11 Å². The number of nitrogens with one attached hydrogen (secondary N) is 4. The van der Waals surface area contributed by atoms with Crippen LogP contribution in [0.15, 0.2) is 97.1 Å². The molecular formula is C33H34ClN5OS. The monoisotopic (exact) mass is 583 g/mol. The highest BCUT2D eigenvalue weighted by Gasteiger charge is 2.16. The summed E-state index contributed by atoms with van der Waals surface area (Å²) in [4.78, 5) is 14.7. The quantitative estimate of drug-likeness (QED) is 0.112. The predicted octanol–water partition coefficient (Wildman–Crippen LogP) is 8.19. The zero-order valence-electron chi connectivity index (χ0n) is 23.4. The summed E-state index contributed by atoms with van der Waals surface area (Å²) >= 11 is 12.2. The second kappa shape index (κ2) is 13.9. The van der Waals surface area contributed by atoms with Gasteiger partial charge in [0.1, 0.15) is 0 Å². The van der Waals surface area contributed by atoms with Crippen LogP contribution < -0.4 is 20.9 Å². The van der Waals surface area contributed by atoms with Crippen LogP contribution in [0.5, 0.6) is 0 Å². The number of carbonyl (C=O) groups is 1. The van der Waals surface area contributed by atoms with Gasteiger partial charge >= 0.3 is 0 Å². The van der Waals surface area contributed by atoms with Crippen LogP contribution in [-0.2, 0) is 6.42 Å². The summed E-state index contributed by atoms with van der Waals surface area (Å²) in [6.45, 7) is 4.01. The molecule has 4 rings (SSSR count). The molecule has 0 aliphatic heterocycles. The van der Waals surface area contributed by atoms with E-state index in [2.05, 4.69) is 27.8 Å². The van der Waals surface area contributed by atoms with E-state index in [-0.39, 0.29) is 11.9 Å². The molecule has 4 aromatic carbocycles. The third kappa shape index (κ3) is 8.39. The van der Waals surface area contributed by atoms with Gasteiger partial charge in [-0.15, -0.1) is 0 Å². The molecule has 0 fully saturated rings. The minimum atomic E-state index is -0.146. The number of nitrogens with zero attached hydrogens (tertiary/aromatic N) is 1. The second-order valence-electron chi connectivity index (χ2n) is 10.0. The molecule has 4 N–H and O–H groups in total. The van der Waals surface area contributed by atoms with Crippen molar-refractivity contribution in [3.63, 3.8) is 0 Å². The minimum absolute atomic E-state index is 0.106. The number of amides is 1. The molecule has 0 aliphatic carbocycles. The average Bonchev–Trinajstić information content (AvgIpc) is 2.94. The fourth-order valence-electron chi connectivity index (χ4n) is 4.47.